The summed E-state index contributed by atoms with van der Waals surface area (Å²) >= 11 is 6.13. The number of hydrogen-bond acceptors (Lipinski definition) is 2. The van der Waals surface area contributed by atoms with Gasteiger partial charge in [-0.3, -0.25) is 4.90 Å². The molecule has 1 aliphatic heterocycles. The van der Waals surface area contributed by atoms with Crippen LogP contribution in [0.5, 0.6) is 0 Å². The number of nitrogens with zero attached hydrogens (tertiary/aromatic N) is 3. The lowest BCUT2D eigenvalue weighted by Crippen LogP contribution is -2.30. The van der Waals surface area contributed by atoms with Crippen LogP contribution in [-0.4, -0.2) is 39.0 Å². The summed E-state index contributed by atoms with van der Waals surface area (Å²) in [7, 11) is 0. The second-order valence-corrected chi connectivity index (χ2v) is 4.96. The molecule has 1 saturated heterocycles. The van der Waals surface area contributed by atoms with Crippen molar-refractivity contribution in [1.29, 1.82) is 0 Å². The molecule has 1 fully saturated rings. The zero-order valence-corrected chi connectivity index (χ0v) is 10.1. The van der Waals surface area contributed by atoms with Gasteiger partial charge in [-0.05, 0) is 20.3 Å². The van der Waals surface area contributed by atoms with Crippen LogP contribution in [0.1, 0.15) is 19.2 Å². The minimum absolute atomic E-state index is 0.337. The minimum atomic E-state index is 0.337. The maximum Gasteiger partial charge on any atom is 0.105 e. The molecule has 0 N–H and O–H groups in total. The molecule has 0 radical (unpaired) electrons. The van der Waals surface area contributed by atoms with Gasteiger partial charge in [-0.1, -0.05) is 0 Å². The van der Waals surface area contributed by atoms with E-state index in [1.165, 1.54) is 0 Å². The topological polar surface area (TPSA) is 21.1 Å². The normalized spacial score (nSPS) is 27.4. The Kier molecular flexibility index (Phi) is 3.32. The Balaban J connectivity index is 1.86. The summed E-state index contributed by atoms with van der Waals surface area (Å²) in [6, 6.07) is 0.622. The van der Waals surface area contributed by atoms with Crippen molar-refractivity contribution in [3.8, 4) is 0 Å². The van der Waals surface area contributed by atoms with Gasteiger partial charge in [0.15, 0.2) is 0 Å². The van der Waals surface area contributed by atoms with Crippen LogP contribution in [-0.2, 0) is 6.54 Å². The van der Waals surface area contributed by atoms with Crippen molar-refractivity contribution in [3.63, 3.8) is 0 Å². The average Bonchev–Trinajstić information content (AvgIpc) is 2.70. The molecule has 0 aliphatic carbocycles. The lowest BCUT2D eigenvalue weighted by Gasteiger charge is -2.21. The molecule has 0 saturated carbocycles. The number of rotatable bonds is 3. The zero-order valence-electron chi connectivity index (χ0n) is 9.36. The molecule has 2 unspecified atom stereocenters. The second kappa shape index (κ2) is 4.54. The molecule has 3 nitrogen and oxygen atoms in total. The largest absolute Gasteiger partial charge is 0.334 e. The molecule has 1 aromatic rings. The van der Waals surface area contributed by atoms with Gasteiger partial charge in [-0.15, -0.1) is 11.6 Å². The Labute approximate surface area is 96.0 Å². The van der Waals surface area contributed by atoms with Crippen LogP contribution in [0.15, 0.2) is 12.4 Å². The predicted octanol–water partition coefficient (Wildman–Crippen LogP) is 1.89. The van der Waals surface area contributed by atoms with E-state index in [1.54, 1.807) is 0 Å². The SMILES string of the molecule is Cc1nccn1CCN1CC(Cl)CC1C. The van der Waals surface area contributed by atoms with Gasteiger partial charge in [0, 0.05) is 43.4 Å². The monoisotopic (exact) mass is 227 g/mol. The maximum atomic E-state index is 6.13. The third-order valence-electron chi connectivity index (χ3n) is 3.20. The number of alkyl halides is 1. The van der Waals surface area contributed by atoms with Crippen LogP contribution >= 0.6 is 11.6 Å². The first-order valence-corrected chi connectivity index (χ1v) is 5.96. The molecule has 2 atom stereocenters. The number of imidazole rings is 1. The maximum absolute atomic E-state index is 6.13. The van der Waals surface area contributed by atoms with Gasteiger partial charge in [0.1, 0.15) is 5.82 Å². The Morgan fingerprint density at radius 3 is 2.87 bits per heavy atom. The van der Waals surface area contributed by atoms with Crippen LogP contribution in [0.2, 0.25) is 0 Å². The van der Waals surface area contributed by atoms with Gasteiger partial charge in [-0.2, -0.15) is 0 Å². The first-order chi connectivity index (χ1) is 7.16. The van der Waals surface area contributed by atoms with E-state index in [2.05, 4.69) is 21.4 Å². The lowest BCUT2D eigenvalue weighted by atomic mass is 10.2. The molecular weight excluding hydrogens is 210 g/mol. The fraction of sp³-hybridized carbons (Fsp3) is 0.727. The van der Waals surface area contributed by atoms with E-state index < -0.39 is 0 Å². The molecule has 0 bridgehead atoms. The van der Waals surface area contributed by atoms with Crippen molar-refractivity contribution >= 4 is 11.6 Å². The standard InChI is InChI=1S/C11H18ClN3/c1-9-7-11(12)8-15(9)6-5-14-4-3-13-10(14)2/h3-4,9,11H,5-8H2,1-2H3. The molecule has 0 amide bonds. The van der Waals surface area contributed by atoms with E-state index in [1.807, 2.05) is 19.3 Å². The van der Waals surface area contributed by atoms with Crippen LogP contribution in [0.25, 0.3) is 0 Å². The second-order valence-electron chi connectivity index (χ2n) is 4.34. The summed E-state index contributed by atoms with van der Waals surface area (Å²) in [4.78, 5) is 6.67. The van der Waals surface area contributed by atoms with Crippen LogP contribution in [0, 0.1) is 6.92 Å². The minimum Gasteiger partial charge on any atom is -0.334 e. The predicted molar refractivity (Wildman–Crippen MR) is 62.3 cm³/mol. The van der Waals surface area contributed by atoms with E-state index >= 15 is 0 Å². The van der Waals surface area contributed by atoms with E-state index in [4.69, 9.17) is 11.6 Å². The highest BCUT2D eigenvalue weighted by molar-refractivity contribution is 6.21. The molecule has 2 rings (SSSR count). The number of aromatic nitrogens is 2. The van der Waals surface area contributed by atoms with E-state index in [-0.39, 0.29) is 0 Å². The Morgan fingerprint density at radius 1 is 1.53 bits per heavy atom. The molecule has 2 heterocycles. The quantitative estimate of drug-likeness (QED) is 0.736. The summed E-state index contributed by atoms with van der Waals surface area (Å²) in [6.45, 7) is 7.40. The van der Waals surface area contributed by atoms with Gasteiger partial charge in [0.05, 0.1) is 0 Å². The van der Waals surface area contributed by atoms with Gasteiger partial charge in [-0.25, -0.2) is 4.98 Å². The Bertz CT molecular complexity index is 323. The smallest absolute Gasteiger partial charge is 0.105 e. The zero-order chi connectivity index (χ0) is 10.8. The number of halogens is 1. The van der Waals surface area contributed by atoms with Crippen molar-refractivity contribution in [2.24, 2.45) is 0 Å². The molecule has 15 heavy (non-hydrogen) atoms. The number of aryl methyl sites for hydroxylation is 1. The first kappa shape index (κ1) is 11.0. The summed E-state index contributed by atoms with van der Waals surface area (Å²) in [6.07, 6.45) is 5.01. The highest BCUT2D eigenvalue weighted by Gasteiger charge is 2.26. The summed E-state index contributed by atoms with van der Waals surface area (Å²) < 4.78 is 2.19. The van der Waals surface area contributed by atoms with E-state index in [0.29, 0.717) is 11.4 Å². The van der Waals surface area contributed by atoms with Crippen molar-refractivity contribution in [1.82, 2.24) is 14.5 Å². The van der Waals surface area contributed by atoms with E-state index in [9.17, 15) is 0 Å². The average molecular weight is 228 g/mol. The number of hydrogen-bond donors (Lipinski definition) is 0. The first-order valence-electron chi connectivity index (χ1n) is 5.52. The highest BCUT2D eigenvalue weighted by Crippen LogP contribution is 2.21. The summed E-state index contributed by atoms with van der Waals surface area (Å²) in [5, 5.41) is 0.337. The summed E-state index contributed by atoms with van der Waals surface area (Å²) in [5.74, 6) is 1.09. The molecular formula is C11H18ClN3. The molecule has 1 aromatic heterocycles. The number of likely N-dealkylation sites (tertiary alicyclic amines) is 1. The third kappa shape index (κ3) is 2.52. The Hall–Kier alpha value is -0.540. The van der Waals surface area contributed by atoms with Crippen molar-refractivity contribution in [2.75, 3.05) is 13.1 Å². The molecule has 4 heteroatoms. The van der Waals surface area contributed by atoms with Crippen LogP contribution in [0.4, 0.5) is 0 Å². The molecule has 0 spiro atoms. The van der Waals surface area contributed by atoms with Crippen molar-refractivity contribution in [2.45, 2.75) is 38.2 Å². The van der Waals surface area contributed by atoms with Crippen molar-refractivity contribution in [3.05, 3.63) is 18.2 Å². The van der Waals surface area contributed by atoms with Crippen LogP contribution < -0.4 is 0 Å². The van der Waals surface area contributed by atoms with Gasteiger partial charge in [0.2, 0.25) is 0 Å². The lowest BCUT2D eigenvalue weighted by molar-refractivity contribution is 0.257. The molecule has 84 valence electrons. The van der Waals surface area contributed by atoms with Gasteiger partial charge < -0.3 is 4.57 Å². The molecule has 1 aliphatic rings. The Morgan fingerprint density at radius 2 is 2.33 bits per heavy atom. The van der Waals surface area contributed by atoms with Gasteiger partial charge in [0.25, 0.3) is 0 Å². The van der Waals surface area contributed by atoms with Gasteiger partial charge >= 0.3 is 0 Å². The van der Waals surface area contributed by atoms with E-state index in [0.717, 1.165) is 31.9 Å². The van der Waals surface area contributed by atoms with Crippen molar-refractivity contribution < 1.29 is 0 Å². The summed E-state index contributed by atoms with van der Waals surface area (Å²) in [5.41, 5.74) is 0. The molecule has 0 aromatic carbocycles. The fourth-order valence-electron chi connectivity index (χ4n) is 2.22. The van der Waals surface area contributed by atoms with Crippen LogP contribution in [0.3, 0.4) is 0 Å². The third-order valence-corrected chi connectivity index (χ3v) is 3.52. The highest BCUT2D eigenvalue weighted by atomic mass is 35.5. The fourth-order valence-corrected chi connectivity index (χ4v) is 2.65.